The minimum atomic E-state index is 0.465. The van der Waals surface area contributed by atoms with E-state index in [1.807, 2.05) is 0 Å². The molecule has 2 aromatic rings. The molecule has 0 atom stereocenters. The van der Waals surface area contributed by atoms with Crippen LogP contribution < -0.4 is 0 Å². The van der Waals surface area contributed by atoms with E-state index < -0.39 is 0 Å². The molecule has 112 valence electrons. The van der Waals surface area contributed by atoms with Crippen LogP contribution in [0.25, 0.3) is 0 Å². The molecular formula is C19H20N2O. The van der Waals surface area contributed by atoms with Gasteiger partial charge in [0.2, 0.25) is 5.90 Å². The highest BCUT2D eigenvalue weighted by atomic mass is 16.5. The Labute approximate surface area is 131 Å². The Balaban J connectivity index is 2.25. The normalized spacial score (nSPS) is 13.8. The summed E-state index contributed by atoms with van der Waals surface area (Å²) in [6.45, 7) is 6.80. The molecular weight excluding hydrogens is 272 g/mol. The summed E-state index contributed by atoms with van der Waals surface area (Å²) in [5.41, 5.74) is 7.84. The second-order valence-corrected chi connectivity index (χ2v) is 5.64. The lowest BCUT2D eigenvalue weighted by molar-refractivity contribution is 0.396. The summed E-state index contributed by atoms with van der Waals surface area (Å²) < 4.78 is 5.36. The summed E-state index contributed by atoms with van der Waals surface area (Å²) >= 11 is 0. The lowest BCUT2D eigenvalue weighted by atomic mass is 9.94. The number of nitrogens with zero attached hydrogens (tertiary/aromatic N) is 2. The van der Waals surface area contributed by atoms with E-state index in [1.54, 1.807) is 7.11 Å². The van der Waals surface area contributed by atoms with Gasteiger partial charge in [-0.3, -0.25) is 4.99 Å². The van der Waals surface area contributed by atoms with Crippen LogP contribution in [-0.2, 0) is 4.74 Å². The van der Waals surface area contributed by atoms with Crippen molar-refractivity contribution >= 4 is 17.3 Å². The lowest BCUT2D eigenvalue weighted by Gasteiger charge is -2.13. The van der Waals surface area contributed by atoms with Crippen LogP contribution in [0.3, 0.4) is 0 Å². The topological polar surface area (TPSA) is 34.0 Å². The molecule has 0 saturated carbocycles. The number of rotatable bonds is 1. The maximum absolute atomic E-state index is 5.36. The Morgan fingerprint density at radius 1 is 0.909 bits per heavy atom. The van der Waals surface area contributed by atoms with E-state index >= 15 is 0 Å². The van der Waals surface area contributed by atoms with Crippen molar-refractivity contribution in [2.75, 3.05) is 13.7 Å². The van der Waals surface area contributed by atoms with E-state index in [9.17, 15) is 0 Å². The van der Waals surface area contributed by atoms with Gasteiger partial charge in [-0.2, -0.15) is 0 Å². The van der Waals surface area contributed by atoms with Crippen molar-refractivity contribution in [3.8, 4) is 0 Å². The number of hydrogen-bond acceptors (Lipinski definition) is 3. The second kappa shape index (κ2) is 5.76. The maximum atomic E-state index is 5.36. The van der Waals surface area contributed by atoms with Gasteiger partial charge in [0.15, 0.2) is 0 Å². The Kier molecular flexibility index (Phi) is 3.80. The molecule has 0 aromatic heterocycles. The Hall–Kier alpha value is -2.42. The summed E-state index contributed by atoms with van der Waals surface area (Å²) in [5.74, 6) is 0.646. The molecule has 22 heavy (non-hydrogen) atoms. The van der Waals surface area contributed by atoms with Gasteiger partial charge in [-0.15, -0.1) is 0 Å². The van der Waals surface area contributed by atoms with E-state index in [0.29, 0.717) is 12.4 Å². The van der Waals surface area contributed by atoms with Gasteiger partial charge in [-0.1, -0.05) is 24.3 Å². The highest BCUT2D eigenvalue weighted by Gasteiger charge is 2.18. The molecule has 0 amide bonds. The van der Waals surface area contributed by atoms with Crippen molar-refractivity contribution in [1.29, 1.82) is 0 Å². The summed E-state index contributed by atoms with van der Waals surface area (Å²) in [6, 6.07) is 12.6. The summed E-state index contributed by atoms with van der Waals surface area (Å²) in [7, 11) is 1.65. The van der Waals surface area contributed by atoms with Crippen LogP contribution in [0.15, 0.2) is 46.4 Å². The minimum absolute atomic E-state index is 0.465. The Morgan fingerprint density at radius 2 is 1.64 bits per heavy atom. The molecule has 0 spiro atoms. The number of methoxy groups -OCH3 is 1. The predicted octanol–water partition coefficient (Wildman–Crippen LogP) is 4.14. The molecule has 3 heteroatoms. The van der Waals surface area contributed by atoms with Crippen LogP contribution in [0.5, 0.6) is 0 Å². The molecule has 0 aliphatic carbocycles. The van der Waals surface area contributed by atoms with Gasteiger partial charge < -0.3 is 4.74 Å². The number of hydrogen-bond donors (Lipinski definition) is 0. The molecule has 1 heterocycles. The van der Waals surface area contributed by atoms with Crippen LogP contribution in [0, 0.1) is 20.8 Å². The number of benzene rings is 2. The fourth-order valence-electron chi connectivity index (χ4n) is 2.66. The van der Waals surface area contributed by atoms with Crippen molar-refractivity contribution in [2.45, 2.75) is 20.8 Å². The first-order chi connectivity index (χ1) is 10.6. The molecule has 1 aliphatic rings. The smallest absolute Gasteiger partial charge is 0.210 e. The predicted molar refractivity (Wildman–Crippen MR) is 91.7 cm³/mol. The highest BCUT2D eigenvalue weighted by Crippen LogP contribution is 2.29. The van der Waals surface area contributed by atoms with Gasteiger partial charge in [0.05, 0.1) is 18.5 Å². The van der Waals surface area contributed by atoms with Crippen molar-refractivity contribution in [3.63, 3.8) is 0 Å². The highest BCUT2D eigenvalue weighted by molar-refractivity contribution is 6.18. The molecule has 0 fully saturated rings. The Bertz CT molecular complexity index is 788. The van der Waals surface area contributed by atoms with Crippen molar-refractivity contribution in [3.05, 3.63) is 64.2 Å². The van der Waals surface area contributed by atoms with Crippen LogP contribution >= 0.6 is 0 Å². The van der Waals surface area contributed by atoms with Crippen LogP contribution in [0.2, 0.25) is 0 Å². The van der Waals surface area contributed by atoms with Gasteiger partial charge in [-0.25, -0.2) is 4.99 Å². The molecule has 0 unspecified atom stereocenters. The molecule has 2 aromatic carbocycles. The first-order valence-electron chi connectivity index (χ1n) is 7.44. The largest absolute Gasteiger partial charge is 0.483 e. The van der Waals surface area contributed by atoms with Crippen molar-refractivity contribution in [2.24, 2.45) is 9.98 Å². The number of aryl methyl sites for hydroxylation is 3. The van der Waals surface area contributed by atoms with Gasteiger partial charge in [0.25, 0.3) is 0 Å². The number of ether oxygens (including phenoxy) is 1. The quantitative estimate of drug-likeness (QED) is 0.777. The number of aliphatic imine (C=N–C) groups is 2. The van der Waals surface area contributed by atoms with Crippen LogP contribution in [0.1, 0.15) is 27.8 Å². The van der Waals surface area contributed by atoms with Gasteiger partial charge in [0, 0.05) is 11.1 Å². The molecule has 3 nitrogen and oxygen atoms in total. The fourth-order valence-corrected chi connectivity index (χ4v) is 2.66. The van der Waals surface area contributed by atoms with E-state index in [1.165, 1.54) is 16.7 Å². The van der Waals surface area contributed by atoms with E-state index in [4.69, 9.17) is 9.73 Å². The SMILES string of the molecule is COC1=Nc2cc(C)c(C)cc2C(c2ccccc2C)=NC1. The average Bonchev–Trinajstić information content (AvgIpc) is 2.68. The van der Waals surface area contributed by atoms with Gasteiger partial charge in [-0.05, 0) is 49.6 Å². The van der Waals surface area contributed by atoms with E-state index in [0.717, 1.165) is 22.5 Å². The van der Waals surface area contributed by atoms with Crippen LogP contribution in [-0.4, -0.2) is 25.3 Å². The zero-order valence-corrected chi connectivity index (χ0v) is 13.5. The third-order valence-electron chi connectivity index (χ3n) is 4.12. The van der Waals surface area contributed by atoms with E-state index in [2.05, 4.69) is 62.2 Å². The van der Waals surface area contributed by atoms with Gasteiger partial charge in [0.1, 0.15) is 6.54 Å². The monoisotopic (exact) mass is 292 g/mol. The molecule has 0 bridgehead atoms. The second-order valence-electron chi connectivity index (χ2n) is 5.64. The zero-order valence-electron chi connectivity index (χ0n) is 13.5. The van der Waals surface area contributed by atoms with Crippen molar-refractivity contribution < 1.29 is 4.74 Å². The Morgan fingerprint density at radius 3 is 2.36 bits per heavy atom. The molecule has 3 rings (SSSR count). The standard InChI is InChI=1S/C19H20N2O/c1-12-7-5-6-8-15(12)19-16-9-13(2)14(3)10-17(16)21-18(22-4)11-20-19/h5-10H,11H2,1-4H3. The first kappa shape index (κ1) is 14.5. The summed E-state index contributed by atoms with van der Waals surface area (Å²) in [6.07, 6.45) is 0. The van der Waals surface area contributed by atoms with E-state index in [-0.39, 0.29) is 0 Å². The summed E-state index contributed by atoms with van der Waals surface area (Å²) in [5, 5.41) is 0. The number of fused-ring (bicyclic) bond motifs is 1. The third-order valence-corrected chi connectivity index (χ3v) is 4.12. The first-order valence-corrected chi connectivity index (χ1v) is 7.44. The van der Waals surface area contributed by atoms with Gasteiger partial charge >= 0.3 is 0 Å². The zero-order chi connectivity index (χ0) is 15.7. The minimum Gasteiger partial charge on any atom is -0.483 e. The molecule has 0 radical (unpaired) electrons. The molecule has 0 saturated heterocycles. The maximum Gasteiger partial charge on any atom is 0.210 e. The third kappa shape index (κ3) is 2.54. The lowest BCUT2D eigenvalue weighted by Crippen LogP contribution is -2.08. The summed E-state index contributed by atoms with van der Waals surface area (Å²) in [4.78, 5) is 9.42. The van der Waals surface area contributed by atoms with Crippen LogP contribution in [0.4, 0.5) is 5.69 Å². The fraction of sp³-hybridized carbons (Fsp3) is 0.263. The van der Waals surface area contributed by atoms with Crippen molar-refractivity contribution in [1.82, 2.24) is 0 Å². The molecule has 0 N–H and O–H groups in total. The molecule has 1 aliphatic heterocycles. The average molecular weight is 292 g/mol.